The van der Waals surface area contributed by atoms with Crippen LogP contribution in [0, 0.1) is 12.3 Å². The Balaban J connectivity index is 2.32. The topological polar surface area (TPSA) is 104 Å². The van der Waals surface area contributed by atoms with Crippen molar-refractivity contribution >= 4 is 33.4 Å². The van der Waals surface area contributed by atoms with Gasteiger partial charge in [-0.25, -0.2) is 13.1 Å². The number of halogens is 1. The second kappa shape index (κ2) is 9.93. The molecule has 1 aromatic rings. The van der Waals surface area contributed by atoms with Crippen LogP contribution < -0.4 is 15.4 Å². The zero-order valence-corrected chi connectivity index (χ0v) is 14.4. The Hall–Kier alpha value is -2.08. The van der Waals surface area contributed by atoms with Gasteiger partial charge in [-0.05, 0) is 12.1 Å². The lowest BCUT2D eigenvalue weighted by Gasteiger charge is -2.08. The lowest BCUT2D eigenvalue weighted by atomic mass is 10.3. The zero-order valence-electron chi connectivity index (χ0n) is 12.8. The average molecular weight is 372 g/mol. The summed E-state index contributed by atoms with van der Waals surface area (Å²) >= 11 is 5.84. The molecule has 7 nitrogen and oxygen atoms in total. The largest absolute Gasteiger partial charge is 0.356 e. The molecule has 0 saturated carbocycles. The summed E-state index contributed by atoms with van der Waals surface area (Å²) in [7, 11) is -3.78. The molecule has 0 aromatic heterocycles. The molecule has 0 atom stereocenters. The number of sulfonamides is 1. The molecule has 2 amide bonds. The fourth-order valence-corrected chi connectivity index (χ4v) is 3.23. The molecule has 0 unspecified atom stereocenters. The highest BCUT2D eigenvalue weighted by molar-refractivity contribution is 7.89. The van der Waals surface area contributed by atoms with Crippen LogP contribution in [-0.4, -0.2) is 39.9 Å². The van der Waals surface area contributed by atoms with Crippen molar-refractivity contribution in [1.82, 2.24) is 15.4 Å². The predicted molar refractivity (Wildman–Crippen MR) is 90.7 cm³/mol. The van der Waals surface area contributed by atoms with Crippen molar-refractivity contribution < 1.29 is 18.0 Å². The molecular weight excluding hydrogens is 354 g/mol. The molecule has 130 valence electrons. The molecule has 24 heavy (non-hydrogen) atoms. The number of rotatable bonds is 9. The molecule has 0 saturated heterocycles. The Labute approximate surface area is 146 Å². The summed E-state index contributed by atoms with van der Waals surface area (Å²) in [5.74, 6) is 1.62. The molecule has 0 fully saturated rings. The molecule has 0 spiro atoms. The van der Waals surface area contributed by atoms with E-state index in [9.17, 15) is 18.0 Å². The fourth-order valence-electron chi connectivity index (χ4n) is 1.68. The average Bonchev–Trinajstić information content (AvgIpc) is 2.53. The normalized spacial score (nSPS) is 10.7. The fraction of sp³-hybridized carbons (Fsp3) is 0.333. The number of hydrogen-bond acceptors (Lipinski definition) is 4. The van der Waals surface area contributed by atoms with Crippen LogP contribution in [0.1, 0.15) is 12.8 Å². The molecule has 1 aromatic carbocycles. The SMILES string of the molecule is C#CCNC(=O)CCNC(=O)CCNS(=O)(=O)c1ccccc1Cl. The Kier molecular flexibility index (Phi) is 8.26. The molecule has 0 heterocycles. The van der Waals surface area contributed by atoms with Crippen molar-refractivity contribution in [2.45, 2.75) is 17.7 Å². The van der Waals surface area contributed by atoms with Gasteiger partial charge in [0.05, 0.1) is 11.6 Å². The Morgan fingerprint density at radius 1 is 1.08 bits per heavy atom. The lowest BCUT2D eigenvalue weighted by molar-refractivity contribution is -0.122. The van der Waals surface area contributed by atoms with E-state index in [1.54, 1.807) is 12.1 Å². The van der Waals surface area contributed by atoms with Crippen LogP contribution in [0.2, 0.25) is 5.02 Å². The Morgan fingerprint density at radius 2 is 1.71 bits per heavy atom. The van der Waals surface area contributed by atoms with Crippen molar-refractivity contribution in [3.63, 3.8) is 0 Å². The minimum atomic E-state index is -3.78. The van der Waals surface area contributed by atoms with Crippen molar-refractivity contribution in [3.05, 3.63) is 29.3 Å². The van der Waals surface area contributed by atoms with Crippen LogP contribution in [0.25, 0.3) is 0 Å². The van der Waals surface area contributed by atoms with Gasteiger partial charge in [0, 0.05) is 25.9 Å². The first-order chi connectivity index (χ1) is 11.4. The summed E-state index contributed by atoms with van der Waals surface area (Å²) in [5, 5.41) is 5.08. The van der Waals surface area contributed by atoms with E-state index < -0.39 is 10.0 Å². The molecule has 3 N–H and O–H groups in total. The quantitative estimate of drug-likeness (QED) is 0.542. The maximum Gasteiger partial charge on any atom is 0.242 e. The molecule has 0 bridgehead atoms. The van der Waals surface area contributed by atoms with Crippen LogP contribution in [0.3, 0.4) is 0 Å². The first kappa shape index (κ1) is 20.0. The lowest BCUT2D eigenvalue weighted by Crippen LogP contribution is -2.33. The predicted octanol–water partition coefficient (Wildman–Crippen LogP) is 0.264. The van der Waals surface area contributed by atoms with Crippen LogP contribution in [-0.2, 0) is 19.6 Å². The van der Waals surface area contributed by atoms with Crippen molar-refractivity contribution in [1.29, 1.82) is 0 Å². The number of amides is 2. The standard InChI is InChI=1S/C15H18ClN3O4S/c1-2-9-17-14(20)7-10-18-15(21)8-11-19-24(22,23)13-6-4-3-5-12(13)16/h1,3-6,19H,7-11H2,(H,17,20)(H,18,21). The number of hydrogen-bond donors (Lipinski definition) is 3. The smallest absolute Gasteiger partial charge is 0.242 e. The van der Waals surface area contributed by atoms with E-state index in [-0.39, 0.29) is 54.2 Å². The minimum Gasteiger partial charge on any atom is -0.356 e. The van der Waals surface area contributed by atoms with E-state index in [1.165, 1.54) is 12.1 Å². The molecule has 0 aliphatic carbocycles. The zero-order chi connectivity index (χ0) is 18.0. The molecule has 0 radical (unpaired) electrons. The second-order valence-corrected chi connectivity index (χ2v) is 6.80. The highest BCUT2D eigenvalue weighted by atomic mass is 35.5. The Morgan fingerprint density at radius 3 is 2.38 bits per heavy atom. The third-order valence-corrected chi connectivity index (χ3v) is 4.79. The summed E-state index contributed by atoms with van der Waals surface area (Å²) in [6, 6.07) is 6.01. The monoisotopic (exact) mass is 371 g/mol. The number of terminal acetylenes is 1. The van der Waals surface area contributed by atoms with Gasteiger partial charge in [-0.15, -0.1) is 6.42 Å². The van der Waals surface area contributed by atoms with E-state index in [0.29, 0.717) is 0 Å². The number of nitrogens with one attached hydrogen (secondary N) is 3. The maximum atomic E-state index is 12.0. The van der Waals surface area contributed by atoms with E-state index in [1.807, 2.05) is 0 Å². The highest BCUT2D eigenvalue weighted by Crippen LogP contribution is 2.19. The minimum absolute atomic E-state index is 0.0442. The Bertz CT molecular complexity index is 728. The van der Waals surface area contributed by atoms with Gasteiger partial charge in [-0.1, -0.05) is 29.7 Å². The molecule has 0 aliphatic heterocycles. The molecule has 1 rings (SSSR count). The summed E-state index contributed by atoms with van der Waals surface area (Å²) in [6.07, 6.45) is 5.03. The van der Waals surface area contributed by atoms with Crippen LogP contribution in [0.4, 0.5) is 0 Å². The van der Waals surface area contributed by atoms with Gasteiger partial charge >= 0.3 is 0 Å². The van der Waals surface area contributed by atoms with E-state index in [4.69, 9.17) is 18.0 Å². The second-order valence-electron chi connectivity index (χ2n) is 4.66. The van der Waals surface area contributed by atoms with Gasteiger partial charge in [0.15, 0.2) is 0 Å². The van der Waals surface area contributed by atoms with Crippen molar-refractivity contribution in [2.75, 3.05) is 19.6 Å². The van der Waals surface area contributed by atoms with E-state index >= 15 is 0 Å². The first-order valence-corrected chi connectivity index (χ1v) is 8.94. The molecule has 0 aliphatic rings. The first-order valence-electron chi connectivity index (χ1n) is 7.08. The van der Waals surface area contributed by atoms with Gasteiger partial charge in [-0.2, -0.15) is 0 Å². The summed E-state index contributed by atoms with van der Waals surface area (Å²) in [4.78, 5) is 22.8. The number of benzene rings is 1. The number of carbonyl (C=O) groups excluding carboxylic acids is 2. The third kappa shape index (κ3) is 7.00. The summed E-state index contributed by atoms with van der Waals surface area (Å²) in [6.45, 7) is 0.200. The van der Waals surface area contributed by atoms with Crippen LogP contribution >= 0.6 is 11.6 Å². The van der Waals surface area contributed by atoms with Gasteiger partial charge < -0.3 is 10.6 Å². The number of carbonyl (C=O) groups is 2. The van der Waals surface area contributed by atoms with Crippen molar-refractivity contribution in [2.24, 2.45) is 0 Å². The van der Waals surface area contributed by atoms with Crippen LogP contribution in [0.5, 0.6) is 0 Å². The van der Waals surface area contributed by atoms with Gasteiger partial charge in [0.1, 0.15) is 4.90 Å². The van der Waals surface area contributed by atoms with E-state index in [2.05, 4.69) is 21.3 Å². The summed E-state index contributed by atoms with van der Waals surface area (Å²) in [5.41, 5.74) is 0. The van der Waals surface area contributed by atoms with Gasteiger partial charge in [0.2, 0.25) is 21.8 Å². The van der Waals surface area contributed by atoms with Crippen molar-refractivity contribution in [3.8, 4) is 12.3 Å². The van der Waals surface area contributed by atoms with Gasteiger partial charge in [0.25, 0.3) is 0 Å². The van der Waals surface area contributed by atoms with Crippen LogP contribution in [0.15, 0.2) is 29.2 Å². The van der Waals surface area contributed by atoms with E-state index in [0.717, 1.165) is 0 Å². The summed E-state index contributed by atoms with van der Waals surface area (Å²) < 4.78 is 26.4. The third-order valence-electron chi connectivity index (χ3n) is 2.83. The highest BCUT2D eigenvalue weighted by Gasteiger charge is 2.17. The van der Waals surface area contributed by atoms with Gasteiger partial charge in [-0.3, -0.25) is 9.59 Å². The molecule has 9 heteroatoms. The maximum absolute atomic E-state index is 12.0. The molecular formula is C15H18ClN3O4S.